The van der Waals surface area contributed by atoms with Gasteiger partial charge in [0.1, 0.15) is 6.04 Å². The summed E-state index contributed by atoms with van der Waals surface area (Å²) in [6.07, 6.45) is 1.96. The summed E-state index contributed by atoms with van der Waals surface area (Å²) in [6, 6.07) is 6.55. The zero-order valence-electron chi connectivity index (χ0n) is 14.5. The van der Waals surface area contributed by atoms with Gasteiger partial charge in [0.2, 0.25) is 11.8 Å². The van der Waals surface area contributed by atoms with Gasteiger partial charge >= 0.3 is 0 Å². The lowest BCUT2D eigenvalue weighted by atomic mass is 9.80. The van der Waals surface area contributed by atoms with Gasteiger partial charge in [-0.2, -0.15) is 0 Å². The molecule has 1 aromatic carbocycles. The Hall–Kier alpha value is -2.25. The number of hydrogen-bond donors (Lipinski definition) is 3. The van der Waals surface area contributed by atoms with Crippen molar-refractivity contribution in [2.75, 3.05) is 6.54 Å². The van der Waals surface area contributed by atoms with Gasteiger partial charge < -0.3 is 15.5 Å². The molecule has 4 heterocycles. The molecule has 1 aromatic rings. The molecule has 136 valence electrons. The highest BCUT2D eigenvalue weighted by atomic mass is 16.2. The fraction of sp³-hybridized carbons (Fsp3) is 0.526. The first-order valence-electron chi connectivity index (χ1n) is 9.33. The maximum atomic E-state index is 12.7. The molecule has 1 aliphatic carbocycles. The van der Waals surface area contributed by atoms with E-state index in [1.807, 2.05) is 12.1 Å². The van der Waals surface area contributed by atoms with Crippen LogP contribution in [0.4, 0.5) is 0 Å². The lowest BCUT2D eigenvalue weighted by Gasteiger charge is -2.35. The first kappa shape index (κ1) is 16.0. The Labute approximate surface area is 151 Å². The van der Waals surface area contributed by atoms with Crippen LogP contribution in [0.3, 0.4) is 0 Å². The van der Waals surface area contributed by atoms with Crippen LogP contribution in [0.5, 0.6) is 0 Å². The number of nitrogens with one attached hydrogen (secondary N) is 3. The summed E-state index contributed by atoms with van der Waals surface area (Å²) in [5.74, 6) is 0.00902. The van der Waals surface area contributed by atoms with E-state index in [2.05, 4.69) is 22.0 Å². The molecule has 1 unspecified atom stereocenters. The van der Waals surface area contributed by atoms with Crippen LogP contribution in [0.1, 0.15) is 40.7 Å². The maximum Gasteiger partial charge on any atom is 0.255 e. The van der Waals surface area contributed by atoms with Gasteiger partial charge in [-0.1, -0.05) is 12.1 Å². The van der Waals surface area contributed by atoms with E-state index in [0.29, 0.717) is 30.6 Å². The lowest BCUT2D eigenvalue weighted by molar-refractivity contribution is -0.136. The van der Waals surface area contributed by atoms with Crippen molar-refractivity contribution in [1.82, 2.24) is 20.9 Å². The highest BCUT2D eigenvalue weighted by Crippen LogP contribution is 2.34. The largest absolute Gasteiger partial charge is 0.322 e. The van der Waals surface area contributed by atoms with Crippen molar-refractivity contribution in [2.24, 2.45) is 5.92 Å². The number of imide groups is 1. The molecule has 3 N–H and O–H groups in total. The Morgan fingerprint density at radius 3 is 2.85 bits per heavy atom. The highest BCUT2D eigenvalue weighted by Gasteiger charge is 2.46. The quantitative estimate of drug-likeness (QED) is 0.657. The summed E-state index contributed by atoms with van der Waals surface area (Å²) in [4.78, 5) is 37.7. The summed E-state index contributed by atoms with van der Waals surface area (Å²) in [5.41, 5.74) is 2.80. The van der Waals surface area contributed by atoms with Gasteiger partial charge in [0.05, 0.1) is 0 Å². The summed E-state index contributed by atoms with van der Waals surface area (Å²) < 4.78 is 0. The van der Waals surface area contributed by atoms with Crippen LogP contribution in [-0.4, -0.2) is 47.3 Å². The lowest BCUT2D eigenvalue weighted by Crippen LogP contribution is -2.52. The van der Waals surface area contributed by atoms with E-state index in [1.54, 1.807) is 4.90 Å². The number of benzene rings is 1. The standard InChI is InChI=1S/C19H22N4O3/c24-16-4-3-15(18(25)22-16)23-9-12-5-10(1-2-13(12)19(23)26)7-21-17-11-6-14(17)20-8-11/h1-2,5,11,14-15,17,20-21H,3-4,6-9H2,(H,22,24,25)/t11-,14-,15?,17+/m1/s1. The molecule has 6 rings (SSSR count). The molecule has 3 amide bonds. The minimum absolute atomic E-state index is 0.116. The van der Waals surface area contributed by atoms with Gasteiger partial charge in [-0.3, -0.25) is 19.7 Å². The zero-order chi connectivity index (χ0) is 17.8. The third kappa shape index (κ3) is 2.46. The Morgan fingerprint density at radius 1 is 1.23 bits per heavy atom. The summed E-state index contributed by atoms with van der Waals surface area (Å²) in [7, 11) is 0. The molecular formula is C19H22N4O3. The number of fused-ring (bicyclic) bond motifs is 2. The van der Waals surface area contributed by atoms with Gasteiger partial charge in [0.15, 0.2) is 0 Å². The van der Waals surface area contributed by atoms with Gasteiger partial charge in [-0.05, 0) is 42.5 Å². The maximum absolute atomic E-state index is 12.7. The van der Waals surface area contributed by atoms with Crippen molar-refractivity contribution in [3.63, 3.8) is 0 Å². The van der Waals surface area contributed by atoms with Crippen LogP contribution in [0, 0.1) is 5.92 Å². The van der Waals surface area contributed by atoms with Gasteiger partial charge in [0, 0.05) is 37.2 Å². The number of carbonyl (C=O) groups is 3. The molecule has 0 aromatic heterocycles. The molecule has 0 spiro atoms. The summed E-state index contributed by atoms with van der Waals surface area (Å²) in [6.45, 7) is 2.34. The van der Waals surface area contributed by atoms with Crippen molar-refractivity contribution < 1.29 is 14.4 Å². The topological polar surface area (TPSA) is 90.5 Å². The third-order valence-electron chi connectivity index (χ3n) is 6.27. The van der Waals surface area contributed by atoms with Crippen LogP contribution < -0.4 is 16.0 Å². The van der Waals surface area contributed by atoms with Crippen molar-refractivity contribution in [2.45, 2.75) is 50.5 Å². The second-order valence-corrected chi connectivity index (χ2v) is 7.81. The molecule has 1 saturated carbocycles. The van der Waals surface area contributed by atoms with Gasteiger partial charge in [-0.15, -0.1) is 0 Å². The molecule has 4 aliphatic heterocycles. The van der Waals surface area contributed by atoms with Crippen molar-refractivity contribution >= 4 is 17.7 Å². The predicted molar refractivity (Wildman–Crippen MR) is 93.0 cm³/mol. The van der Waals surface area contributed by atoms with Crippen LogP contribution >= 0.6 is 0 Å². The number of piperidine rings is 1. The SMILES string of the molecule is O=C1CCC(N2Cc3cc(CN[C@H]4[C@H]5CN[C@@H]4C5)ccc3C2=O)C(=O)N1. The van der Waals surface area contributed by atoms with Gasteiger partial charge in [-0.25, -0.2) is 0 Å². The number of carbonyl (C=O) groups excluding carboxylic acids is 3. The Morgan fingerprint density at radius 2 is 2.12 bits per heavy atom. The fourth-order valence-electron chi connectivity index (χ4n) is 4.76. The first-order chi connectivity index (χ1) is 12.6. The van der Waals surface area contributed by atoms with E-state index in [-0.39, 0.29) is 24.1 Å². The average molecular weight is 354 g/mol. The van der Waals surface area contributed by atoms with Crippen LogP contribution in [0.2, 0.25) is 0 Å². The van der Waals surface area contributed by atoms with E-state index in [0.717, 1.165) is 30.1 Å². The van der Waals surface area contributed by atoms with E-state index in [1.165, 1.54) is 6.42 Å². The minimum atomic E-state index is -0.550. The Kier molecular flexibility index (Phi) is 3.62. The van der Waals surface area contributed by atoms with Crippen LogP contribution in [-0.2, 0) is 22.7 Å². The zero-order valence-corrected chi connectivity index (χ0v) is 14.5. The van der Waals surface area contributed by atoms with Crippen molar-refractivity contribution in [3.8, 4) is 0 Å². The summed E-state index contributed by atoms with van der Waals surface area (Å²) >= 11 is 0. The molecule has 2 bridgehead atoms. The molecule has 4 atom stereocenters. The molecule has 3 saturated heterocycles. The second-order valence-electron chi connectivity index (χ2n) is 7.81. The first-order valence-corrected chi connectivity index (χ1v) is 9.33. The van der Waals surface area contributed by atoms with E-state index in [9.17, 15) is 14.4 Å². The molecule has 7 heteroatoms. The van der Waals surface area contributed by atoms with Crippen LogP contribution in [0.15, 0.2) is 18.2 Å². The van der Waals surface area contributed by atoms with Crippen LogP contribution in [0.25, 0.3) is 0 Å². The predicted octanol–water partition coefficient (Wildman–Crippen LogP) is -0.102. The smallest absolute Gasteiger partial charge is 0.255 e. The Balaban J connectivity index is 1.28. The van der Waals surface area contributed by atoms with E-state index >= 15 is 0 Å². The Bertz CT molecular complexity index is 794. The third-order valence-corrected chi connectivity index (χ3v) is 6.27. The van der Waals surface area contributed by atoms with Gasteiger partial charge in [0.25, 0.3) is 5.91 Å². The van der Waals surface area contributed by atoms with Crippen molar-refractivity contribution in [3.05, 3.63) is 34.9 Å². The molecular weight excluding hydrogens is 332 g/mol. The number of rotatable bonds is 4. The number of nitrogens with zero attached hydrogens (tertiary/aromatic N) is 1. The highest BCUT2D eigenvalue weighted by molar-refractivity contribution is 6.05. The van der Waals surface area contributed by atoms with E-state index < -0.39 is 6.04 Å². The molecule has 0 radical (unpaired) electrons. The molecule has 7 nitrogen and oxygen atoms in total. The minimum Gasteiger partial charge on any atom is -0.322 e. The number of amides is 3. The normalized spacial score (nSPS) is 32.5. The number of hydrogen-bond acceptors (Lipinski definition) is 5. The summed E-state index contributed by atoms with van der Waals surface area (Å²) in [5, 5.41) is 9.46. The average Bonchev–Trinajstić information content (AvgIpc) is 3.31. The van der Waals surface area contributed by atoms with Crippen molar-refractivity contribution in [1.29, 1.82) is 0 Å². The second kappa shape index (κ2) is 5.89. The molecule has 5 aliphatic rings. The monoisotopic (exact) mass is 354 g/mol. The van der Waals surface area contributed by atoms with E-state index in [4.69, 9.17) is 0 Å². The fourth-order valence-corrected chi connectivity index (χ4v) is 4.76. The molecule has 4 fully saturated rings. The molecule has 26 heavy (non-hydrogen) atoms.